The van der Waals surface area contributed by atoms with Gasteiger partial charge in [-0.2, -0.15) is 0 Å². The number of aryl methyl sites for hydroxylation is 1. The number of hydrogen-bond donors (Lipinski definition) is 1. The van der Waals surface area contributed by atoms with Crippen molar-refractivity contribution in [2.24, 2.45) is 0 Å². The van der Waals surface area contributed by atoms with E-state index in [-0.39, 0.29) is 17.9 Å². The molecule has 2 heterocycles. The van der Waals surface area contributed by atoms with E-state index >= 15 is 0 Å². The molecule has 2 aliphatic rings. The highest BCUT2D eigenvalue weighted by Gasteiger charge is 2.55. The van der Waals surface area contributed by atoms with E-state index in [1.54, 1.807) is 11.2 Å². The smallest absolute Gasteiger partial charge is 0.250 e. The second kappa shape index (κ2) is 6.63. The molecule has 136 valence electrons. The summed E-state index contributed by atoms with van der Waals surface area (Å²) in [4.78, 5) is 27.7. The van der Waals surface area contributed by atoms with Crippen LogP contribution >= 0.6 is 0 Å². The minimum absolute atomic E-state index is 0.0346. The first-order valence-corrected chi connectivity index (χ1v) is 9.34. The van der Waals surface area contributed by atoms with Gasteiger partial charge in [-0.25, -0.2) is 0 Å². The number of carbonyl (C=O) groups is 2. The molecular formula is C21H24N2O3. The molecule has 0 bridgehead atoms. The van der Waals surface area contributed by atoms with Crippen LogP contribution in [0, 0.1) is 6.92 Å². The van der Waals surface area contributed by atoms with Crippen molar-refractivity contribution in [3.63, 3.8) is 0 Å². The van der Waals surface area contributed by atoms with Gasteiger partial charge in [-0.3, -0.25) is 9.59 Å². The van der Waals surface area contributed by atoms with Crippen molar-refractivity contribution >= 4 is 17.5 Å². The van der Waals surface area contributed by atoms with Gasteiger partial charge in [-0.05, 0) is 44.0 Å². The van der Waals surface area contributed by atoms with Gasteiger partial charge in [0.2, 0.25) is 11.8 Å². The molecule has 1 aromatic heterocycles. The SMILES string of the molecule is Cc1ccc(NC(=O)C2(N3C(=O)C[C@H]3c3ccco3)CCCCC2)cc1. The van der Waals surface area contributed by atoms with Crippen LogP contribution in [0.15, 0.2) is 47.1 Å². The Balaban J connectivity index is 1.63. The van der Waals surface area contributed by atoms with Crippen molar-refractivity contribution in [2.45, 2.75) is 57.0 Å². The summed E-state index contributed by atoms with van der Waals surface area (Å²) >= 11 is 0. The summed E-state index contributed by atoms with van der Waals surface area (Å²) < 4.78 is 5.54. The molecule has 1 aliphatic heterocycles. The topological polar surface area (TPSA) is 62.6 Å². The van der Waals surface area contributed by atoms with Crippen LogP contribution in [0.5, 0.6) is 0 Å². The molecule has 1 atom stereocenters. The third kappa shape index (κ3) is 2.81. The van der Waals surface area contributed by atoms with Gasteiger partial charge in [0, 0.05) is 5.69 Å². The van der Waals surface area contributed by atoms with E-state index in [4.69, 9.17) is 4.42 Å². The maximum absolute atomic E-state index is 13.3. The van der Waals surface area contributed by atoms with Crippen molar-refractivity contribution in [1.82, 2.24) is 4.90 Å². The molecule has 1 aromatic carbocycles. The molecule has 0 radical (unpaired) electrons. The number of carbonyl (C=O) groups excluding carboxylic acids is 2. The van der Waals surface area contributed by atoms with Gasteiger partial charge < -0.3 is 14.6 Å². The first kappa shape index (κ1) is 16.9. The second-order valence-corrected chi connectivity index (χ2v) is 7.41. The van der Waals surface area contributed by atoms with Gasteiger partial charge in [0.15, 0.2) is 0 Å². The summed E-state index contributed by atoms with van der Waals surface area (Å²) in [7, 11) is 0. The quantitative estimate of drug-likeness (QED) is 0.839. The van der Waals surface area contributed by atoms with Crippen molar-refractivity contribution in [3.8, 4) is 0 Å². The summed E-state index contributed by atoms with van der Waals surface area (Å²) in [6.07, 6.45) is 6.45. The lowest BCUT2D eigenvalue weighted by Gasteiger charge is -2.53. The van der Waals surface area contributed by atoms with Gasteiger partial charge in [0.25, 0.3) is 0 Å². The molecule has 4 rings (SSSR count). The number of likely N-dealkylation sites (tertiary alicyclic amines) is 1. The average molecular weight is 352 g/mol. The highest BCUT2D eigenvalue weighted by atomic mass is 16.3. The predicted molar refractivity (Wildman–Crippen MR) is 98.5 cm³/mol. The zero-order chi connectivity index (χ0) is 18.1. The number of furan rings is 1. The van der Waals surface area contributed by atoms with Crippen LogP contribution in [0.4, 0.5) is 5.69 Å². The van der Waals surface area contributed by atoms with Crippen molar-refractivity contribution < 1.29 is 14.0 Å². The molecular weight excluding hydrogens is 328 g/mol. The Hall–Kier alpha value is -2.56. The average Bonchev–Trinajstić information content (AvgIpc) is 3.16. The summed E-state index contributed by atoms with van der Waals surface area (Å²) in [6, 6.07) is 11.3. The van der Waals surface area contributed by atoms with E-state index in [0.717, 1.165) is 36.3 Å². The third-order valence-electron chi connectivity index (χ3n) is 5.69. The van der Waals surface area contributed by atoms with Crippen LogP contribution in [0.3, 0.4) is 0 Å². The fraction of sp³-hybridized carbons (Fsp3) is 0.429. The summed E-state index contributed by atoms with van der Waals surface area (Å²) in [5, 5.41) is 3.05. The molecule has 5 heteroatoms. The monoisotopic (exact) mass is 352 g/mol. The van der Waals surface area contributed by atoms with Crippen LogP contribution in [-0.4, -0.2) is 22.3 Å². The normalized spacial score (nSPS) is 22.0. The van der Waals surface area contributed by atoms with Gasteiger partial charge >= 0.3 is 0 Å². The number of benzene rings is 1. The number of β-lactam (4-membered cyclic amide) rings is 1. The van der Waals surface area contributed by atoms with Gasteiger partial charge in [0.05, 0.1) is 18.7 Å². The number of anilines is 1. The Morgan fingerprint density at radius 2 is 1.88 bits per heavy atom. The Morgan fingerprint density at radius 1 is 1.15 bits per heavy atom. The predicted octanol–water partition coefficient (Wildman–Crippen LogP) is 4.20. The number of nitrogens with zero attached hydrogens (tertiary/aromatic N) is 1. The zero-order valence-electron chi connectivity index (χ0n) is 15.0. The van der Waals surface area contributed by atoms with Crippen LogP contribution in [-0.2, 0) is 9.59 Å². The second-order valence-electron chi connectivity index (χ2n) is 7.41. The number of nitrogens with one attached hydrogen (secondary N) is 1. The van der Waals surface area contributed by atoms with Crippen LogP contribution in [0.1, 0.15) is 55.9 Å². The maximum Gasteiger partial charge on any atom is 0.250 e. The molecule has 1 saturated carbocycles. The minimum atomic E-state index is -0.782. The van der Waals surface area contributed by atoms with E-state index < -0.39 is 5.54 Å². The zero-order valence-corrected chi connectivity index (χ0v) is 15.0. The van der Waals surface area contributed by atoms with E-state index in [0.29, 0.717) is 19.3 Å². The third-order valence-corrected chi connectivity index (χ3v) is 5.69. The summed E-state index contributed by atoms with van der Waals surface area (Å²) in [5.41, 5.74) is 1.13. The minimum Gasteiger partial charge on any atom is -0.467 e. The van der Waals surface area contributed by atoms with Gasteiger partial charge in [-0.15, -0.1) is 0 Å². The molecule has 1 N–H and O–H groups in total. The lowest BCUT2D eigenvalue weighted by Crippen LogP contribution is -2.65. The van der Waals surface area contributed by atoms with E-state index in [9.17, 15) is 9.59 Å². The Bertz CT molecular complexity index is 789. The van der Waals surface area contributed by atoms with Crippen LogP contribution in [0.2, 0.25) is 0 Å². The van der Waals surface area contributed by atoms with Crippen molar-refractivity contribution in [2.75, 3.05) is 5.32 Å². The van der Waals surface area contributed by atoms with E-state index in [1.165, 1.54) is 0 Å². The maximum atomic E-state index is 13.3. The van der Waals surface area contributed by atoms with Crippen LogP contribution in [0.25, 0.3) is 0 Å². The number of hydrogen-bond acceptors (Lipinski definition) is 3. The first-order chi connectivity index (χ1) is 12.6. The van der Waals surface area contributed by atoms with E-state index in [1.807, 2.05) is 43.3 Å². The Morgan fingerprint density at radius 3 is 2.50 bits per heavy atom. The molecule has 1 saturated heterocycles. The molecule has 26 heavy (non-hydrogen) atoms. The first-order valence-electron chi connectivity index (χ1n) is 9.34. The molecule has 2 aromatic rings. The van der Waals surface area contributed by atoms with Crippen LogP contribution < -0.4 is 5.32 Å². The van der Waals surface area contributed by atoms with Crippen molar-refractivity contribution in [3.05, 3.63) is 54.0 Å². The number of amides is 2. The summed E-state index contributed by atoms with van der Waals surface area (Å²) in [5.74, 6) is 0.718. The Kier molecular flexibility index (Phi) is 4.31. The highest BCUT2D eigenvalue weighted by molar-refractivity contribution is 6.02. The van der Waals surface area contributed by atoms with Gasteiger partial charge in [-0.1, -0.05) is 37.0 Å². The van der Waals surface area contributed by atoms with E-state index in [2.05, 4.69) is 5.32 Å². The molecule has 2 fully saturated rings. The standard InChI is InChI=1S/C21H24N2O3/c1-15-7-9-16(10-8-15)22-20(25)21(11-3-2-4-12-21)23-17(14-19(23)24)18-6-5-13-26-18/h5-10,13,17H,2-4,11-12,14H2,1H3,(H,22,25)/t17-/m0/s1. The molecule has 5 nitrogen and oxygen atoms in total. The highest BCUT2D eigenvalue weighted by Crippen LogP contribution is 2.46. The molecule has 0 unspecified atom stereocenters. The fourth-order valence-electron chi connectivity index (χ4n) is 4.26. The number of rotatable bonds is 4. The lowest BCUT2D eigenvalue weighted by molar-refractivity contribution is -0.167. The van der Waals surface area contributed by atoms with Gasteiger partial charge in [0.1, 0.15) is 11.3 Å². The summed E-state index contributed by atoms with van der Waals surface area (Å²) in [6.45, 7) is 2.01. The largest absolute Gasteiger partial charge is 0.467 e. The van der Waals surface area contributed by atoms with Crippen molar-refractivity contribution in [1.29, 1.82) is 0 Å². The molecule has 0 spiro atoms. The fourth-order valence-corrected chi connectivity index (χ4v) is 4.26. The molecule has 2 amide bonds. The Labute approximate surface area is 153 Å². The lowest BCUT2D eigenvalue weighted by atomic mass is 9.75. The molecule has 1 aliphatic carbocycles.